The third kappa shape index (κ3) is 3.75. The molecule has 1 aliphatic heterocycles. The Morgan fingerprint density at radius 2 is 1.94 bits per heavy atom. The number of rotatable bonds is 3. The van der Waals surface area contributed by atoms with Crippen LogP contribution in [0.25, 0.3) is 0 Å². The number of benzene rings is 1. The predicted molar refractivity (Wildman–Crippen MR) is 77.7 cm³/mol. The van der Waals surface area contributed by atoms with Crippen LogP contribution in [-0.4, -0.2) is 17.0 Å². The van der Waals surface area contributed by atoms with E-state index in [-0.39, 0.29) is 0 Å². The van der Waals surface area contributed by atoms with Crippen LogP contribution in [0.5, 0.6) is 0 Å². The number of thioether (sulfide) groups is 1. The Morgan fingerprint density at radius 3 is 2.53 bits per heavy atom. The fourth-order valence-electron chi connectivity index (χ4n) is 2.69. The SMILES string of the molecule is Cc1cc(C)cc(CC(N)C2CCCCS2)c1. The van der Waals surface area contributed by atoms with Gasteiger partial charge in [0.15, 0.2) is 0 Å². The molecule has 1 heterocycles. The van der Waals surface area contributed by atoms with Crippen molar-refractivity contribution in [2.45, 2.75) is 50.8 Å². The quantitative estimate of drug-likeness (QED) is 0.888. The molecule has 2 atom stereocenters. The molecule has 0 bridgehead atoms. The van der Waals surface area contributed by atoms with Gasteiger partial charge in [0.25, 0.3) is 0 Å². The summed E-state index contributed by atoms with van der Waals surface area (Å²) in [6.45, 7) is 4.33. The van der Waals surface area contributed by atoms with Gasteiger partial charge in [-0.25, -0.2) is 0 Å². The molecule has 1 fully saturated rings. The number of hydrogen-bond donors (Lipinski definition) is 1. The summed E-state index contributed by atoms with van der Waals surface area (Å²) in [5.41, 5.74) is 10.5. The van der Waals surface area contributed by atoms with E-state index in [2.05, 4.69) is 43.8 Å². The third-order valence-electron chi connectivity index (χ3n) is 3.45. The summed E-state index contributed by atoms with van der Waals surface area (Å²) in [6.07, 6.45) is 5.06. The van der Waals surface area contributed by atoms with Gasteiger partial charge in [-0.05, 0) is 44.4 Å². The average molecular weight is 249 g/mol. The van der Waals surface area contributed by atoms with Crippen LogP contribution in [-0.2, 0) is 6.42 Å². The molecule has 0 radical (unpaired) electrons. The molecule has 17 heavy (non-hydrogen) atoms. The second-order valence-corrected chi connectivity index (χ2v) is 6.62. The van der Waals surface area contributed by atoms with Crippen molar-refractivity contribution in [1.82, 2.24) is 0 Å². The Kier molecular flexibility index (Phi) is 4.52. The van der Waals surface area contributed by atoms with Crippen molar-refractivity contribution in [3.63, 3.8) is 0 Å². The van der Waals surface area contributed by atoms with Crippen molar-refractivity contribution in [2.75, 3.05) is 5.75 Å². The van der Waals surface area contributed by atoms with E-state index in [1.807, 2.05) is 0 Å². The Labute approximate surface area is 109 Å². The van der Waals surface area contributed by atoms with Crippen LogP contribution < -0.4 is 5.73 Å². The summed E-state index contributed by atoms with van der Waals surface area (Å²) in [6, 6.07) is 7.10. The molecular weight excluding hydrogens is 226 g/mol. The first-order valence-corrected chi connectivity index (χ1v) is 7.64. The molecule has 2 N–H and O–H groups in total. The lowest BCUT2D eigenvalue weighted by atomic mass is 9.98. The average Bonchev–Trinajstić information content (AvgIpc) is 2.28. The van der Waals surface area contributed by atoms with Crippen LogP contribution in [0.3, 0.4) is 0 Å². The summed E-state index contributed by atoms with van der Waals surface area (Å²) in [5.74, 6) is 1.30. The first kappa shape index (κ1) is 13.0. The van der Waals surface area contributed by atoms with E-state index in [9.17, 15) is 0 Å². The highest BCUT2D eigenvalue weighted by molar-refractivity contribution is 8.00. The van der Waals surface area contributed by atoms with Crippen LogP contribution in [0, 0.1) is 13.8 Å². The highest BCUT2D eigenvalue weighted by Crippen LogP contribution is 2.28. The highest BCUT2D eigenvalue weighted by atomic mass is 32.2. The topological polar surface area (TPSA) is 26.0 Å². The first-order chi connectivity index (χ1) is 8.15. The molecule has 1 aromatic carbocycles. The van der Waals surface area contributed by atoms with Crippen molar-refractivity contribution in [3.05, 3.63) is 34.9 Å². The summed E-state index contributed by atoms with van der Waals surface area (Å²) in [4.78, 5) is 0. The van der Waals surface area contributed by atoms with E-state index in [1.165, 1.54) is 41.7 Å². The summed E-state index contributed by atoms with van der Waals surface area (Å²) < 4.78 is 0. The molecule has 1 aliphatic rings. The van der Waals surface area contributed by atoms with E-state index in [0.717, 1.165) is 6.42 Å². The maximum absolute atomic E-state index is 6.36. The second kappa shape index (κ2) is 5.92. The number of nitrogens with two attached hydrogens (primary N) is 1. The van der Waals surface area contributed by atoms with Gasteiger partial charge in [0.2, 0.25) is 0 Å². The Morgan fingerprint density at radius 1 is 1.24 bits per heavy atom. The maximum atomic E-state index is 6.36. The minimum absolute atomic E-state index is 0.321. The molecule has 1 saturated heterocycles. The Hall–Kier alpha value is -0.470. The van der Waals surface area contributed by atoms with Crippen LogP contribution >= 0.6 is 11.8 Å². The maximum Gasteiger partial charge on any atom is 0.0202 e. The molecule has 1 nitrogen and oxygen atoms in total. The van der Waals surface area contributed by atoms with Crippen LogP contribution in [0.1, 0.15) is 36.0 Å². The zero-order chi connectivity index (χ0) is 12.3. The largest absolute Gasteiger partial charge is 0.326 e. The lowest BCUT2D eigenvalue weighted by Crippen LogP contribution is -2.36. The van der Waals surface area contributed by atoms with Gasteiger partial charge >= 0.3 is 0 Å². The molecule has 1 aromatic rings. The lowest BCUT2D eigenvalue weighted by molar-refractivity contribution is 0.559. The van der Waals surface area contributed by atoms with E-state index < -0.39 is 0 Å². The minimum Gasteiger partial charge on any atom is -0.326 e. The molecule has 0 amide bonds. The first-order valence-electron chi connectivity index (χ1n) is 6.59. The van der Waals surface area contributed by atoms with Gasteiger partial charge < -0.3 is 5.73 Å². The molecule has 0 aliphatic carbocycles. The van der Waals surface area contributed by atoms with Gasteiger partial charge in [0.05, 0.1) is 0 Å². The highest BCUT2D eigenvalue weighted by Gasteiger charge is 2.21. The molecule has 0 aromatic heterocycles. The molecule has 94 valence electrons. The fraction of sp³-hybridized carbons (Fsp3) is 0.600. The Balaban J connectivity index is 1.99. The molecule has 2 rings (SSSR count). The smallest absolute Gasteiger partial charge is 0.0202 e. The lowest BCUT2D eigenvalue weighted by Gasteiger charge is -2.27. The van der Waals surface area contributed by atoms with Gasteiger partial charge in [-0.3, -0.25) is 0 Å². The zero-order valence-electron chi connectivity index (χ0n) is 10.9. The van der Waals surface area contributed by atoms with Crippen LogP contribution in [0.4, 0.5) is 0 Å². The zero-order valence-corrected chi connectivity index (χ0v) is 11.7. The van der Waals surface area contributed by atoms with Gasteiger partial charge in [-0.15, -0.1) is 0 Å². The minimum atomic E-state index is 0.321. The van der Waals surface area contributed by atoms with Crippen molar-refractivity contribution in [3.8, 4) is 0 Å². The van der Waals surface area contributed by atoms with Gasteiger partial charge in [0.1, 0.15) is 0 Å². The number of hydrogen-bond acceptors (Lipinski definition) is 2. The summed E-state index contributed by atoms with van der Waals surface area (Å²) in [5, 5.41) is 0.671. The number of aryl methyl sites for hydroxylation is 2. The van der Waals surface area contributed by atoms with Crippen molar-refractivity contribution >= 4 is 11.8 Å². The standard InChI is InChI=1S/C15H23NS/c1-11-7-12(2)9-13(8-11)10-14(16)15-5-3-4-6-17-15/h7-9,14-15H,3-6,10,16H2,1-2H3. The van der Waals surface area contributed by atoms with Crippen LogP contribution in [0.2, 0.25) is 0 Å². The molecular formula is C15H23NS. The van der Waals surface area contributed by atoms with Gasteiger partial charge in [-0.2, -0.15) is 11.8 Å². The summed E-state index contributed by atoms with van der Waals surface area (Å²) in [7, 11) is 0. The van der Waals surface area contributed by atoms with Crippen molar-refractivity contribution < 1.29 is 0 Å². The van der Waals surface area contributed by atoms with Crippen molar-refractivity contribution in [2.24, 2.45) is 5.73 Å². The third-order valence-corrected chi connectivity index (χ3v) is 4.98. The van der Waals surface area contributed by atoms with Crippen LogP contribution in [0.15, 0.2) is 18.2 Å². The summed E-state index contributed by atoms with van der Waals surface area (Å²) >= 11 is 2.07. The Bertz CT molecular complexity index is 349. The second-order valence-electron chi connectivity index (χ2n) is 5.27. The van der Waals surface area contributed by atoms with Gasteiger partial charge in [0, 0.05) is 11.3 Å². The fourth-order valence-corrected chi connectivity index (χ4v) is 4.04. The van der Waals surface area contributed by atoms with Crippen molar-refractivity contribution in [1.29, 1.82) is 0 Å². The molecule has 2 heteroatoms. The van der Waals surface area contributed by atoms with E-state index in [0.29, 0.717) is 11.3 Å². The monoisotopic (exact) mass is 249 g/mol. The molecule has 2 unspecified atom stereocenters. The van der Waals surface area contributed by atoms with E-state index in [4.69, 9.17) is 5.73 Å². The van der Waals surface area contributed by atoms with Gasteiger partial charge in [-0.1, -0.05) is 35.7 Å². The van der Waals surface area contributed by atoms with E-state index in [1.54, 1.807) is 0 Å². The normalized spacial score (nSPS) is 22.4. The molecule has 0 spiro atoms. The molecule has 0 saturated carbocycles. The van der Waals surface area contributed by atoms with E-state index >= 15 is 0 Å². The predicted octanol–water partition coefficient (Wildman–Crippen LogP) is 3.46.